The molecule has 3 rings (SSSR count). The van der Waals surface area contributed by atoms with E-state index in [9.17, 15) is 4.79 Å². The van der Waals surface area contributed by atoms with E-state index in [0.717, 1.165) is 22.4 Å². The second kappa shape index (κ2) is 6.07. The Bertz CT molecular complexity index is 641. The van der Waals surface area contributed by atoms with Crippen LogP contribution in [0.15, 0.2) is 40.2 Å². The number of carbonyl (C=O) groups is 1. The number of thiophene rings is 1. The van der Waals surface area contributed by atoms with Crippen LogP contribution in [-0.4, -0.2) is 19.1 Å². The molecule has 1 aromatic heterocycles. The van der Waals surface area contributed by atoms with Crippen LogP contribution < -0.4 is 15.5 Å². The Kier molecular flexibility index (Phi) is 4.17. The van der Waals surface area contributed by atoms with Gasteiger partial charge in [-0.15, -0.1) is 11.3 Å². The van der Waals surface area contributed by atoms with Crippen LogP contribution in [0.4, 0.5) is 16.2 Å². The van der Waals surface area contributed by atoms with Gasteiger partial charge in [-0.05, 0) is 53.2 Å². The van der Waals surface area contributed by atoms with E-state index in [0.29, 0.717) is 6.54 Å². The quantitative estimate of drug-likeness (QED) is 0.851. The monoisotopic (exact) mass is 365 g/mol. The van der Waals surface area contributed by atoms with Crippen LogP contribution >= 0.6 is 27.3 Å². The molecule has 1 aromatic carbocycles. The molecule has 2 aromatic rings. The number of nitrogens with one attached hydrogen (secondary N) is 2. The minimum atomic E-state index is -0.0208. The molecule has 6 heteroatoms. The third kappa shape index (κ3) is 3.22. The highest BCUT2D eigenvalue weighted by Crippen LogP contribution is 2.28. The van der Waals surface area contributed by atoms with Crippen molar-refractivity contribution in [2.24, 2.45) is 0 Å². The molecule has 0 radical (unpaired) electrons. The number of nitrogens with zero attached hydrogens (tertiary/aromatic N) is 1. The van der Waals surface area contributed by atoms with Crippen molar-refractivity contribution in [1.82, 2.24) is 5.32 Å². The zero-order valence-corrected chi connectivity index (χ0v) is 14.0. The van der Waals surface area contributed by atoms with E-state index in [4.69, 9.17) is 0 Å². The molecule has 0 spiro atoms. The fraction of sp³-hybridized carbons (Fsp3) is 0.267. The third-order valence-corrected chi connectivity index (χ3v) is 5.31. The van der Waals surface area contributed by atoms with Crippen molar-refractivity contribution in [3.63, 3.8) is 0 Å². The number of urea groups is 1. The van der Waals surface area contributed by atoms with Crippen molar-refractivity contribution in [2.75, 3.05) is 23.3 Å². The lowest BCUT2D eigenvalue weighted by molar-refractivity contribution is 0.252. The second-order valence-electron chi connectivity index (χ2n) is 4.96. The highest BCUT2D eigenvalue weighted by molar-refractivity contribution is 9.10. The average molecular weight is 366 g/mol. The summed E-state index contributed by atoms with van der Waals surface area (Å²) in [6.07, 6.45) is 0. The number of amides is 2. The van der Waals surface area contributed by atoms with Crippen LogP contribution in [0.3, 0.4) is 0 Å². The predicted octanol–water partition coefficient (Wildman–Crippen LogP) is 4.21. The first kappa shape index (κ1) is 14.4. The summed E-state index contributed by atoms with van der Waals surface area (Å²) < 4.78 is 1.12. The van der Waals surface area contributed by atoms with Gasteiger partial charge in [-0.1, -0.05) is 0 Å². The Morgan fingerprint density at radius 2 is 2.14 bits per heavy atom. The number of carbonyl (C=O) groups excluding carboxylic acids is 1. The smallest absolute Gasteiger partial charge is 0.321 e. The zero-order valence-electron chi connectivity index (χ0n) is 11.6. The van der Waals surface area contributed by atoms with Gasteiger partial charge in [0.1, 0.15) is 0 Å². The molecule has 110 valence electrons. The van der Waals surface area contributed by atoms with Crippen LogP contribution in [0.1, 0.15) is 17.8 Å². The molecule has 1 aliphatic rings. The number of hydrogen-bond donors (Lipinski definition) is 2. The highest BCUT2D eigenvalue weighted by atomic mass is 79.9. The van der Waals surface area contributed by atoms with Crippen LogP contribution in [0.2, 0.25) is 0 Å². The van der Waals surface area contributed by atoms with Crippen molar-refractivity contribution in [1.29, 1.82) is 0 Å². The summed E-state index contributed by atoms with van der Waals surface area (Å²) in [5.41, 5.74) is 1.98. The lowest BCUT2D eigenvalue weighted by Gasteiger charge is -2.17. The zero-order chi connectivity index (χ0) is 14.8. The maximum atomic E-state index is 11.6. The normalized spacial score (nSPS) is 15.9. The Balaban J connectivity index is 1.68. The largest absolute Gasteiger partial charge is 0.378 e. The molecule has 1 atom stereocenters. The third-order valence-electron chi connectivity index (χ3n) is 3.43. The molecule has 2 heterocycles. The fourth-order valence-electron chi connectivity index (χ4n) is 2.33. The summed E-state index contributed by atoms with van der Waals surface area (Å²) in [4.78, 5) is 14.7. The van der Waals surface area contributed by atoms with Gasteiger partial charge in [-0.25, -0.2) is 4.79 Å². The summed E-state index contributed by atoms with van der Waals surface area (Å²) in [5, 5.41) is 8.36. The first-order valence-electron chi connectivity index (χ1n) is 6.79. The first-order chi connectivity index (χ1) is 10.1. The molecule has 0 bridgehead atoms. The number of benzene rings is 1. The fourth-order valence-corrected chi connectivity index (χ4v) is 3.79. The van der Waals surface area contributed by atoms with Crippen molar-refractivity contribution in [3.05, 3.63) is 45.1 Å². The van der Waals surface area contributed by atoms with Gasteiger partial charge in [0.25, 0.3) is 0 Å². The van der Waals surface area contributed by atoms with Crippen molar-refractivity contribution < 1.29 is 4.79 Å². The first-order valence-corrected chi connectivity index (χ1v) is 8.46. The molecule has 1 aliphatic heterocycles. The number of hydrogen-bond acceptors (Lipinski definition) is 3. The van der Waals surface area contributed by atoms with E-state index >= 15 is 0 Å². The van der Waals surface area contributed by atoms with Gasteiger partial charge in [0, 0.05) is 39.2 Å². The van der Waals surface area contributed by atoms with Gasteiger partial charge < -0.3 is 10.6 Å². The number of halogens is 1. The minimum absolute atomic E-state index is 0.0208. The van der Waals surface area contributed by atoms with Gasteiger partial charge in [0.15, 0.2) is 0 Å². The maximum absolute atomic E-state index is 11.6. The summed E-state index contributed by atoms with van der Waals surface area (Å²) in [7, 11) is 0. The van der Waals surface area contributed by atoms with Gasteiger partial charge in [-0.3, -0.25) is 4.90 Å². The molecule has 21 heavy (non-hydrogen) atoms. The van der Waals surface area contributed by atoms with Gasteiger partial charge in [0.2, 0.25) is 0 Å². The topological polar surface area (TPSA) is 44.4 Å². The summed E-state index contributed by atoms with van der Waals surface area (Å²) >= 11 is 5.21. The van der Waals surface area contributed by atoms with Crippen LogP contribution in [0.5, 0.6) is 0 Å². The van der Waals surface area contributed by atoms with Gasteiger partial charge in [-0.2, -0.15) is 0 Å². The summed E-state index contributed by atoms with van der Waals surface area (Å²) in [6.45, 7) is 3.58. The molecule has 1 unspecified atom stereocenters. The van der Waals surface area contributed by atoms with Crippen molar-refractivity contribution in [3.8, 4) is 0 Å². The predicted molar refractivity (Wildman–Crippen MR) is 91.2 cm³/mol. The molecule has 0 saturated carbocycles. The van der Waals surface area contributed by atoms with Crippen LogP contribution in [0.25, 0.3) is 0 Å². The van der Waals surface area contributed by atoms with Crippen LogP contribution in [-0.2, 0) is 0 Å². The lowest BCUT2D eigenvalue weighted by Crippen LogP contribution is -2.27. The Hall–Kier alpha value is -1.53. The minimum Gasteiger partial charge on any atom is -0.378 e. The number of rotatable bonds is 4. The van der Waals surface area contributed by atoms with Gasteiger partial charge in [0.05, 0.1) is 6.04 Å². The molecule has 2 amide bonds. The van der Waals surface area contributed by atoms with E-state index in [2.05, 4.69) is 44.9 Å². The van der Waals surface area contributed by atoms with E-state index in [1.165, 1.54) is 4.88 Å². The average Bonchev–Trinajstić information content (AvgIpc) is 3.08. The van der Waals surface area contributed by atoms with Gasteiger partial charge >= 0.3 is 6.03 Å². The molecule has 1 fully saturated rings. The second-order valence-corrected chi connectivity index (χ2v) is 6.82. The van der Waals surface area contributed by atoms with E-state index in [1.54, 1.807) is 16.2 Å². The Morgan fingerprint density at radius 3 is 2.71 bits per heavy atom. The lowest BCUT2D eigenvalue weighted by atomic mass is 10.2. The van der Waals surface area contributed by atoms with E-state index in [-0.39, 0.29) is 12.1 Å². The molecular formula is C15H16BrN3OS. The molecule has 4 nitrogen and oxygen atoms in total. The Labute approximate surface area is 136 Å². The van der Waals surface area contributed by atoms with E-state index < -0.39 is 0 Å². The SMILES string of the molecule is CC(Nc1ccc(N2CCNC2=O)cc1)c1cc(Br)cs1. The highest BCUT2D eigenvalue weighted by Gasteiger charge is 2.20. The standard InChI is InChI=1S/C15H16BrN3OS/c1-10(14-8-11(16)9-21-14)18-12-2-4-13(5-3-12)19-7-6-17-15(19)20/h2-5,8-10,18H,6-7H2,1H3,(H,17,20). The van der Waals surface area contributed by atoms with Crippen LogP contribution in [0, 0.1) is 0 Å². The van der Waals surface area contributed by atoms with Crippen molar-refractivity contribution in [2.45, 2.75) is 13.0 Å². The number of anilines is 2. The summed E-state index contributed by atoms with van der Waals surface area (Å²) in [6, 6.07) is 10.3. The summed E-state index contributed by atoms with van der Waals surface area (Å²) in [5.74, 6) is 0. The maximum Gasteiger partial charge on any atom is 0.321 e. The molecule has 1 saturated heterocycles. The van der Waals surface area contributed by atoms with E-state index in [1.807, 2.05) is 24.3 Å². The molecule has 0 aliphatic carbocycles. The van der Waals surface area contributed by atoms with Crippen molar-refractivity contribution >= 4 is 44.7 Å². The molecule has 2 N–H and O–H groups in total. The Morgan fingerprint density at radius 1 is 1.38 bits per heavy atom. The molecular weight excluding hydrogens is 350 g/mol.